The van der Waals surface area contributed by atoms with Gasteiger partial charge in [-0.05, 0) is 30.4 Å². The summed E-state index contributed by atoms with van der Waals surface area (Å²) in [5, 5.41) is 1.15. The Balaban J connectivity index is 2.87. The summed E-state index contributed by atoms with van der Waals surface area (Å²) in [7, 11) is 0. The standard InChI is InChI=1S/C15H23Cl2NO/c1-5-19-14(15(2,3)4)12(18)9-10-7-6-8-11(16)13(10)17/h6-8,12,14H,5,9,18H2,1-4H3. The van der Waals surface area contributed by atoms with Crippen molar-refractivity contribution in [2.24, 2.45) is 11.1 Å². The Hall–Kier alpha value is -0.280. The van der Waals surface area contributed by atoms with Gasteiger partial charge < -0.3 is 10.5 Å². The molecule has 2 atom stereocenters. The van der Waals surface area contributed by atoms with Crippen LogP contribution in [0, 0.1) is 5.41 Å². The summed E-state index contributed by atoms with van der Waals surface area (Å²) in [6, 6.07) is 5.52. The Morgan fingerprint density at radius 1 is 1.26 bits per heavy atom. The molecule has 0 aliphatic carbocycles. The van der Waals surface area contributed by atoms with E-state index in [-0.39, 0.29) is 17.6 Å². The molecule has 1 aromatic rings. The fourth-order valence-electron chi connectivity index (χ4n) is 2.26. The van der Waals surface area contributed by atoms with Crippen LogP contribution in [0.2, 0.25) is 10.0 Å². The average molecular weight is 304 g/mol. The average Bonchev–Trinajstić information content (AvgIpc) is 2.30. The Bertz CT molecular complexity index is 415. The van der Waals surface area contributed by atoms with Gasteiger partial charge in [-0.1, -0.05) is 56.1 Å². The molecule has 1 rings (SSSR count). The molecular formula is C15H23Cl2NO. The van der Waals surface area contributed by atoms with E-state index in [4.69, 9.17) is 33.7 Å². The summed E-state index contributed by atoms with van der Waals surface area (Å²) < 4.78 is 5.81. The SMILES string of the molecule is CCOC(C(N)Cc1cccc(Cl)c1Cl)C(C)(C)C. The van der Waals surface area contributed by atoms with Crippen LogP contribution in [0.4, 0.5) is 0 Å². The molecule has 0 aliphatic heterocycles. The number of benzene rings is 1. The zero-order valence-electron chi connectivity index (χ0n) is 12.0. The van der Waals surface area contributed by atoms with Crippen LogP contribution in [0.3, 0.4) is 0 Å². The van der Waals surface area contributed by atoms with Gasteiger partial charge in [0.1, 0.15) is 0 Å². The maximum absolute atomic E-state index is 6.31. The lowest BCUT2D eigenvalue weighted by Gasteiger charge is -2.35. The van der Waals surface area contributed by atoms with E-state index in [2.05, 4.69) is 20.8 Å². The van der Waals surface area contributed by atoms with E-state index < -0.39 is 0 Å². The fraction of sp³-hybridized carbons (Fsp3) is 0.600. The van der Waals surface area contributed by atoms with Gasteiger partial charge in [0.15, 0.2) is 0 Å². The third kappa shape index (κ3) is 4.64. The second-order valence-corrected chi connectivity index (χ2v) is 6.61. The lowest BCUT2D eigenvalue weighted by molar-refractivity contribution is -0.0274. The molecule has 0 aliphatic rings. The molecule has 0 radical (unpaired) electrons. The fourth-order valence-corrected chi connectivity index (χ4v) is 2.66. The van der Waals surface area contributed by atoms with Gasteiger partial charge in [0, 0.05) is 12.6 Å². The molecule has 0 fully saturated rings. The molecular weight excluding hydrogens is 281 g/mol. The van der Waals surface area contributed by atoms with Gasteiger partial charge in [0.25, 0.3) is 0 Å². The normalized spacial score (nSPS) is 15.3. The lowest BCUT2D eigenvalue weighted by atomic mass is 9.82. The summed E-state index contributed by atoms with van der Waals surface area (Å²) in [6.07, 6.45) is 0.633. The van der Waals surface area contributed by atoms with Crippen molar-refractivity contribution in [3.63, 3.8) is 0 Å². The third-order valence-corrected chi connectivity index (χ3v) is 3.93. The van der Waals surface area contributed by atoms with Crippen molar-refractivity contribution < 1.29 is 4.74 Å². The van der Waals surface area contributed by atoms with Crippen LogP contribution in [0.25, 0.3) is 0 Å². The number of ether oxygens (including phenoxy) is 1. The Kier molecular flexibility index (Phi) is 6.13. The van der Waals surface area contributed by atoms with E-state index >= 15 is 0 Å². The molecule has 4 heteroatoms. The van der Waals surface area contributed by atoms with Crippen molar-refractivity contribution in [1.29, 1.82) is 0 Å². The third-order valence-electron chi connectivity index (χ3n) is 3.08. The van der Waals surface area contributed by atoms with Crippen LogP contribution >= 0.6 is 23.2 Å². The van der Waals surface area contributed by atoms with Crippen LogP contribution in [0.5, 0.6) is 0 Å². The van der Waals surface area contributed by atoms with Crippen molar-refractivity contribution in [2.45, 2.75) is 46.3 Å². The molecule has 2 unspecified atom stereocenters. The summed E-state index contributed by atoms with van der Waals surface area (Å²) in [5.41, 5.74) is 7.27. The summed E-state index contributed by atoms with van der Waals surface area (Å²) in [6.45, 7) is 9.03. The molecule has 1 aromatic carbocycles. The van der Waals surface area contributed by atoms with Gasteiger partial charge >= 0.3 is 0 Å². The maximum atomic E-state index is 6.31. The number of hydrogen-bond donors (Lipinski definition) is 1. The van der Waals surface area contributed by atoms with Crippen LogP contribution in [-0.4, -0.2) is 18.8 Å². The number of rotatable bonds is 5. The highest BCUT2D eigenvalue weighted by atomic mass is 35.5. The minimum absolute atomic E-state index is 0.0134. The highest BCUT2D eigenvalue weighted by Gasteiger charge is 2.31. The molecule has 108 valence electrons. The van der Waals surface area contributed by atoms with Gasteiger partial charge in [-0.3, -0.25) is 0 Å². The quantitative estimate of drug-likeness (QED) is 0.879. The van der Waals surface area contributed by atoms with Crippen molar-refractivity contribution in [3.05, 3.63) is 33.8 Å². The van der Waals surface area contributed by atoms with Crippen molar-refractivity contribution in [2.75, 3.05) is 6.61 Å². The highest BCUT2D eigenvalue weighted by molar-refractivity contribution is 6.42. The Morgan fingerprint density at radius 2 is 1.89 bits per heavy atom. The van der Waals surface area contributed by atoms with E-state index in [0.29, 0.717) is 23.1 Å². The van der Waals surface area contributed by atoms with Gasteiger partial charge in [0.2, 0.25) is 0 Å². The van der Waals surface area contributed by atoms with Crippen molar-refractivity contribution in [1.82, 2.24) is 0 Å². The van der Waals surface area contributed by atoms with Crippen molar-refractivity contribution in [3.8, 4) is 0 Å². The first-order valence-electron chi connectivity index (χ1n) is 6.57. The Labute approximate surface area is 126 Å². The number of hydrogen-bond acceptors (Lipinski definition) is 2. The molecule has 19 heavy (non-hydrogen) atoms. The molecule has 2 nitrogen and oxygen atoms in total. The summed E-state index contributed by atoms with van der Waals surface area (Å²) >= 11 is 12.2. The van der Waals surface area contributed by atoms with Gasteiger partial charge in [-0.15, -0.1) is 0 Å². The van der Waals surface area contributed by atoms with Crippen LogP contribution in [0.1, 0.15) is 33.3 Å². The topological polar surface area (TPSA) is 35.2 Å². The second kappa shape index (κ2) is 6.94. The predicted molar refractivity (Wildman–Crippen MR) is 83.0 cm³/mol. The highest BCUT2D eigenvalue weighted by Crippen LogP contribution is 2.30. The molecule has 2 N–H and O–H groups in total. The van der Waals surface area contributed by atoms with Crippen LogP contribution < -0.4 is 5.73 Å². The van der Waals surface area contributed by atoms with Crippen LogP contribution in [-0.2, 0) is 11.2 Å². The molecule has 0 saturated carbocycles. The lowest BCUT2D eigenvalue weighted by Crippen LogP contribution is -2.46. The summed E-state index contributed by atoms with van der Waals surface area (Å²) in [4.78, 5) is 0. The maximum Gasteiger partial charge on any atom is 0.0777 e. The molecule has 0 amide bonds. The zero-order chi connectivity index (χ0) is 14.6. The first kappa shape index (κ1) is 16.8. The summed E-state index contributed by atoms with van der Waals surface area (Å²) in [5.74, 6) is 0. The molecule has 0 aromatic heterocycles. The molecule has 0 saturated heterocycles. The van der Waals surface area contributed by atoms with E-state index in [1.165, 1.54) is 0 Å². The predicted octanol–water partition coefficient (Wildman–Crippen LogP) is 4.31. The number of halogens is 2. The first-order chi connectivity index (χ1) is 8.77. The largest absolute Gasteiger partial charge is 0.376 e. The van der Waals surface area contributed by atoms with E-state index in [9.17, 15) is 0 Å². The first-order valence-corrected chi connectivity index (χ1v) is 7.33. The Morgan fingerprint density at radius 3 is 2.42 bits per heavy atom. The van der Waals surface area contributed by atoms with Crippen LogP contribution in [0.15, 0.2) is 18.2 Å². The smallest absolute Gasteiger partial charge is 0.0777 e. The monoisotopic (exact) mass is 303 g/mol. The minimum Gasteiger partial charge on any atom is -0.376 e. The van der Waals surface area contributed by atoms with Gasteiger partial charge in [-0.25, -0.2) is 0 Å². The van der Waals surface area contributed by atoms with Crippen molar-refractivity contribution >= 4 is 23.2 Å². The van der Waals surface area contributed by atoms with E-state index in [1.807, 2.05) is 19.1 Å². The molecule has 0 spiro atoms. The molecule has 0 bridgehead atoms. The van der Waals surface area contributed by atoms with Gasteiger partial charge in [0.05, 0.1) is 16.1 Å². The zero-order valence-corrected chi connectivity index (χ0v) is 13.6. The molecule has 0 heterocycles. The number of nitrogens with two attached hydrogens (primary N) is 1. The van der Waals surface area contributed by atoms with E-state index in [1.54, 1.807) is 6.07 Å². The second-order valence-electron chi connectivity index (χ2n) is 5.82. The minimum atomic E-state index is -0.115. The van der Waals surface area contributed by atoms with Gasteiger partial charge in [-0.2, -0.15) is 0 Å². The van der Waals surface area contributed by atoms with E-state index in [0.717, 1.165) is 5.56 Å².